The summed E-state index contributed by atoms with van der Waals surface area (Å²) in [5, 5.41) is 3.15. The minimum Gasteiger partial charge on any atom is -0.438 e. The first-order chi connectivity index (χ1) is 10.1. The van der Waals surface area contributed by atoms with Gasteiger partial charge in [0.1, 0.15) is 23.2 Å². The quantitative estimate of drug-likeness (QED) is 0.827. The van der Waals surface area contributed by atoms with E-state index in [-0.39, 0.29) is 5.82 Å². The van der Waals surface area contributed by atoms with E-state index in [2.05, 4.69) is 38.1 Å². The number of ether oxygens (including phenoxy) is 1. The average molecular weight is 354 g/mol. The topological polar surface area (TPSA) is 47.0 Å². The van der Waals surface area contributed by atoms with Gasteiger partial charge in [0, 0.05) is 19.0 Å². The van der Waals surface area contributed by atoms with Crippen LogP contribution < -0.4 is 10.1 Å². The Hall–Kier alpha value is -1.69. The lowest BCUT2D eigenvalue weighted by atomic mass is 10.3. The van der Waals surface area contributed by atoms with Crippen molar-refractivity contribution < 1.29 is 9.13 Å². The van der Waals surface area contributed by atoms with Crippen molar-refractivity contribution in [2.45, 2.75) is 26.7 Å². The zero-order valence-corrected chi connectivity index (χ0v) is 13.6. The highest BCUT2D eigenvalue weighted by Gasteiger charge is 2.09. The fourth-order valence-electron chi connectivity index (χ4n) is 1.80. The lowest BCUT2D eigenvalue weighted by molar-refractivity contribution is 0.454. The van der Waals surface area contributed by atoms with Crippen molar-refractivity contribution in [3.8, 4) is 11.6 Å². The second kappa shape index (κ2) is 7.36. The summed E-state index contributed by atoms with van der Waals surface area (Å²) >= 11 is 3.28. The largest absolute Gasteiger partial charge is 0.438 e. The summed E-state index contributed by atoms with van der Waals surface area (Å²) in [5.74, 6) is 2.09. The SMILES string of the molecule is CCCc1nc(NCC)cc(Oc2ccc(F)cc2Br)n1. The molecule has 1 aromatic carbocycles. The molecule has 1 N–H and O–H groups in total. The Labute approximate surface area is 131 Å². The summed E-state index contributed by atoms with van der Waals surface area (Å²) in [6, 6.07) is 6.00. The van der Waals surface area contributed by atoms with Crippen molar-refractivity contribution >= 4 is 21.7 Å². The van der Waals surface area contributed by atoms with Gasteiger partial charge in [0.25, 0.3) is 0 Å². The minimum absolute atomic E-state index is 0.322. The molecule has 1 heterocycles. The van der Waals surface area contributed by atoms with Gasteiger partial charge in [0.15, 0.2) is 0 Å². The molecule has 0 aliphatic carbocycles. The van der Waals surface area contributed by atoms with Gasteiger partial charge in [0.05, 0.1) is 4.47 Å². The van der Waals surface area contributed by atoms with E-state index >= 15 is 0 Å². The van der Waals surface area contributed by atoms with Crippen molar-refractivity contribution in [1.82, 2.24) is 9.97 Å². The third-order valence-electron chi connectivity index (χ3n) is 2.69. The second-order valence-corrected chi connectivity index (χ2v) is 5.32. The Kier molecular flexibility index (Phi) is 5.50. The van der Waals surface area contributed by atoms with Crippen LogP contribution in [0.1, 0.15) is 26.1 Å². The van der Waals surface area contributed by atoms with Crippen LogP contribution in [0.25, 0.3) is 0 Å². The van der Waals surface area contributed by atoms with E-state index in [9.17, 15) is 4.39 Å². The third kappa shape index (κ3) is 4.39. The van der Waals surface area contributed by atoms with Gasteiger partial charge in [-0.2, -0.15) is 4.98 Å². The van der Waals surface area contributed by atoms with E-state index in [0.29, 0.717) is 16.1 Å². The van der Waals surface area contributed by atoms with E-state index in [1.807, 2.05) is 6.92 Å². The van der Waals surface area contributed by atoms with E-state index in [0.717, 1.165) is 31.0 Å². The molecule has 1 aromatic heterocycles. The molecule has 2 aromatic rings. The average Bonchev–Trinajstić information content (AvgIpc) is 2.42. The molecular formula is C15H17BrFN3O. The molecule has 0 fully saturated rings. The van der Waals surface area contributed by atoms with Gasteiger partial charge in [-0.3, -0.25) is 0 Å². The normalized spacial score (nSPS) is 10.5. The number of benzene rings is 1. The zero-order valence-electron chi connectivity index (χ0n) is 12.0. The van der Waals surface area contributed by atoms with Gasteiger partial charge in [-0.1, -0.05) is 6.92 Å². The molecule has 0 bridgehead atoms. The number of halogens is 2. The zero-order chi connectivity index (χ0) is 15.2. The van der Waals surface area contributed by atoms with E-state index < -0.39 is 0 Å². The van der Waals surface area contributed by atoms with Gasteiger partial charge >= 0.3 is 0 Å². The van der Waals surface area contributed by atoms with Crippen LogP contribution in [0.4, 0.5) is 10.2 Å². The van der Waals surface area contributed by atoms with Crippen molar-refractivity contribution in [2.24, 2.45) is 0 Å². The first-order valence-corrected chi connectivity index (χ1v) is 7.66. The number of anilines is 1. The molecule has 6 heteroatoms. The van der Waals surface area contributed by atoms with Crippen LogP contribution in [0.2, 0.25) is 0 Å². The maximum absolute atomic E-state index is 13.1. The van der Waals surface area contributed by atoms with Gasteiger partial charge in [-0.05, 0) is 47.5 Å². The Morgan fingerprint density at radius 3 is 2.71 bits per heavy atom. The smallest absolute Gasteiger partial charge is 0.224 e. The number of aromatic nitrogens is 2. The number of hydrogen-bond acceptors (Lipinski definition) is 4. The minimum atomic E-state index is -0.322. The van der Waals surface area contributed by atoms with Gasteiger partial charge < -0.3 is 10.1 Å². The molecule has 112 valence electrons. The van der Waals surface area contributed by atoms with Crippen LogP contribution >= 0.6 is 15.9 Å². The highest BCUT2D eigenvalue weighted by atomic mass is 79.9. The summed E-state index contributed by atoms with van der Waals surface area (Å²) in [6.45, 7) is 4.83. The monoisotopic (exact) mass is 353 g/mol. The number of nitrogens with zero attached hydrogens (tertiary/aromatic N) is 2. The molecule has 0 radical (unpaired) electrons. The maximum atomic E-state index is 13.1. The summed E-state index contributed by atoms with van der Waals surface area (Å²) in [7, 11) is 0. The molecule has 0 saturated carbocycles. The first-order valence-electron chi connectivity index (χ1n) is 6.87. The Morgan fingerprint density at radius 1 is 1.24 bits per heavy atom. The Balaban J connectivity index is 2.29. The molecule has 4 nitrogen and oxygen atoms in total. The van der Waals surface area contributed by atoms with Crippen LogP contribution in [0.3, 0.4) is 0 Å². The number of hydrogen-bond donors (Lipinski definition) is 1. The van der Waals surface area contributed by atoms with Gasteiger partial charge in [-0.15, -0.1) is 0 Å². The fourth-order valence-corrected chi connectivity index (χ4v) is 2.23. The number of aryl methyl sites for hydroxylation is 1. The summed E-state index contributed by atoms with van der Waals surface area (Å²) in [4.78, 5) is 8.79. The molecule has 0 aliphatic rings. The maximum Gasteiger partial charge on any atom is 0.224 e. The summed E-state index contributed by atoms with van der Waals surface area (Å²) in [6.07, 6.45) is 1.73. The van der Waals surface area contributed by atoms with E-state index in [1.54, 1.807) is 12.1 Å². The molecule has 0 unspecified atom stereocenters. The predicted octanol–water partition coefficient (Wildman–Crippen LogP) is 4.55. The Morgan fingerprint density at radius 2 is 2.05 bits per heavy atom. The lowest BCUT2D eigenvalue weighted by Gasteiger charge is -2.10. The van der Waals surface area contributed by atoms with E-state index in [1.165, 1.54) is 12.1 Å². The van der Waals surface area contributed by atoms with Crippen LogP contribution in [-0.4, -0.2) is 16.5 Å². The molecule has 0 atom stereocenters. The van der Waals surface area contributed by atoms with Crippen LogP contribution in [0.15, 0.2) is 28.7 Å². The summed E-state index contributed by atoms with van der Waals surface area (Å²) in [5.41, 5.74) is 0. The van der Waals surface area contributed by atoms with Gasteiger partial charge in [-0.25, -0.2) is 9.37 Å². The van der Waals surface area contributed by atoms with Crippen molar-refractivity contribution in [1.29, 1.82) is 0 Å². The lowest BCUT2D eigenvalue weighted by Crippen LogP contribution is -2.04. The highest BCUT2D eigenvalue weighted by molar-refractivity contribution is 9.10. The van der Waals surface area contributed by atoms with Crippen LogP contribution in [0, 0.1) is 5.82 Å². The fraction of sp³-hybridized carbons (Fsp3) is 0.333. The first kappa shape index (κ1) is 15.7. The van der Waals surface area contributed by atoms with Crippen LogP contribution in [-0.2, 0) is 6.42 Å². The molecule has 0 amide bonds. The predicted molar refractivity (Wildman–Crippen MR) is 84.4 cm³/mol. The van der Waals surface area contributed by atoms with Crippen molar-refractivity contribution in [3.63, 3.8) is 0 Å². The van der Waals surface area contributed by atoms with E-state index in [4.69, 9.17) is 4.74 Å². The number of nitrogens with one attached hydrogen (secondary N) is 1. The molecule has 0 aliphatic heterocycles. The summed E-state index contributed by atoms with van der Waals surface area (Å²) < 4.78 is 19.4. The van der Waals surface area contributed by atoms with Crippen molar-refractivity contribution in [2.75, 3.05) is 11.9 Å². The molecule has 2 rings (SSSR count). The number of rotatable bonds is 6. The Bertz CT molecular complexity index is 598. The van der Waals surface area contributed by atoms with Crippen molar-refractivity contribution in [3.05, 3.63) is 40.4 Å². The van der Waals surface area contributed by atoms with Crippen LogP contribution in [0.5, 0.6) is 11.6 Å². The molecule has 0 spiro atoms. The third-order valence-corrected chi connectivity index (χ3v) is 3.31. The highest BCUT2D eigenvalue weighted by Crippen LogP contribution is 2.30. The molecule has 0 saturated heterocycles. The van der Waals surface area contributed by atoms with Gasteiger partial charge in [0.2, 0.25) is 5.88 Å². The second-order valence-electron chi connectivity index (χ2n) is 4.46. The molecular weight excluding hydrogens is 337 g/mol. The standard InChI is InChI=1S/C15H17BrFN3O/c1-3-5-13-19-14(18-4-2)9-15(20-13)21-12-7-6-10(17)8-11(12)16/h6-9H,3-5H2,1-2H3,(H,18,19,20). The molecule has 21 heavy (non-hydrogen) atoms.